The van der Waals surface area contributed by atoms with E-state index in [1.54, 1.807) is 49.4 Å². The van der Waals surface area contributed by atoms with Crippen molar-refractivity contribution < 1.29 is 14.0 Å². The van der Waals surface area contributed by atoms with Crippen LogP contribution >= 0.6 is 11.6 Å². The highest BCUT2D eigenvalue weighted by Crippen LogP contribution is 2.32. The van der Waals surface area contributed by atoms with Gasteiger partial charge in [-0.05, 0) is 30.3 Å². The molecule has 0 bridgehead atoms. The van der Waals surface area contributed by atoms with Crippen molar-refractivity contribution in [2.45, 2.75) is 0 Å². The molecule has 146 valence electrons. The van der Waals surface area contributed by atoms with Crippen LogP contribution in [0.2, 0.25) is 0 Å². The fourth-order valence-electron chi connectivity index (χ4n) is 2.75. The number of rotatable bonds is 6. The summed E-state index contributed by atoms with van der Waals surface area (Å²) in [4.78, 5) is 4.38. The Morgan fingerprint density at radius 1 is 1.10 bits per heavy atom. The summed E-state index contributed by atoms with van der Waals surface area (Å²) in [6, 6.07) is 15.1. The van der Waals surface area contributed by atoms with Crippen LogP contribution < -0.4 is 9.47 Å². The largest absolute Gasteiger partial charge is 0.497 e. The highest BCUT2D eigenvalue weighted by molar-refractivity contribution is 6.50. The highest BCUT2D eigenvalue weighted by Gasteiger charge is 2.16. The van der Waals surface area contributed by atoms with Crippen LogP contribution in [-0.2, 0) is 0 Å². The maximum absolute atomic E-state index is 6.39. The molecule has 4 aromatic rings. The zero-order valence-corrected chi connectivity index (χ0v) is 16.5. The van der Waals surface area contributed by atoms with Crippen LogP contribution in [0.1, 0.15) is 11.5 Å². The Hall–Kier alpha value is -3.58. The molecule has 0 amide bonds. The average molecular weight is 409 g/mol. The minimum Gasteiger partial charge on any atom is -0.497 e. The van der Waals surface area contributed by atoms with Crippen molar-refractivity contribution in [1.29, 1.82) is 0 Å². The van der Waals surface area contributed by atoms with Crippen molar-refractivity contribution in [2.24, 2.45) is 0 Å². The molecule has 0 N–H and O–H groups in total. The molecule has 0 unspecified atom stereocenters. The van der Waals surface area contributed by atoms with Gasteiger partial charge in [-0.2, -0.15) is 10.1 Å². The van der Waals surface area contributed by atoms with Crippen molar-refractivity contribution in [3.63, 3.8) is 0 Å². The van der Waals surface area contributed by atoms with Crippen LogP contribution in [0.5, 0.6) is 11.5 Å². The minimum atomic E-state index is 0.201. The normalized spacial score (nSPS) is 11.5. The van der Waals surface area contributed by atoms with Gasteiger partial charge in [-0.25, -0.2) is 4.68 Å². The first kappa shape index (κ1) is 18.8. The summed E-state index contributed by atoms with van der Waals surface area (Å²) in [6.45, 7) is 0. The van der Waals surface area contributed by atoms with Gasteiger partial charge in [0.2, 0.25) is 5.82 Å². The quantitative estimate of drug-likeness (QED) is 0.461. The Morgan fingerprint density at radius 3 is 2.69 bits per heavy atom. The maximum atomic E-state index is 6.39. The lowest BCUT2D eigenvalue weighted by molar-refractivity contribution is 0.393. The topological polar surface area (TPSA) is 75.2 Å². The molecular weight excluding hydrogens is 392 g/mol. The molecule has 8 heteroatoms. The molecule has 0 aliphatic carbocycles. The monoisotopic (exact) mass is 408 g/mol. The van der Waals surface area contributed by atoms with Gasteiger partial charge in [0.1, 0.15) is 16.5 Å². The van der Waals surface area contributed by atoms with Crippen molar-refractivity contribution in [3.8, 4) is 28.6 Å². The summed E-state index contributed by atoms with van der Waals surface area (Å²) in [5, 5.41) is 8.67. The van der Waals surface area contributed by atoms with Gasteiger partial charge in [-0.15, -0.1) is 0 Å². The van der Waals surface area contributed by atoms with Gasteiger partial charge in [0.15, 0.2) is 0 Å². The standard InChI is InChI=1S/C21H17ClN4O3/c1-27-16-8-9-17(19(11-16)28-2)20-24-21(29-25-20)18(22)10-14-12-23-26(13-14)15-6-4-3-5-7-15/h3-13H,1-2H3/b18-10-. The molecule has 0 radical (unpaired) electrons. The first-order chi connectivity index (χ1) is 14.2. The van der Waals surface area contributed by atoms with E-state index in [-0.39, 0.29) is 5.89 Å². The number of halogens is 1. The van der Waals surface area contributed by atoms with E-state index in [4.69, 9.17) is 25.6 Å². The van der Waals surface area contributed by atoms with E-state index in [2.05, 4.69) is 15.2 Å². The Balaban J connectivity index is 1.59. The Kier molecular flexibility index (Phi) is 5.31. The zero-order valence-electron chi connectivity index (χ0n) is 15.7. The third kappa shape index (κ3) is 4.00. The molecule has 0 spiro atoms. The molecule has 4 rings (SSSR count). The van der Waals surface area contributed by atoms with Gasteiger partial charge >= 0.3 is 0 Å². The number of para-hydroxylation sites is 1. The van der Waals surface area contributed by atoms with Gasteiger partial charge < -0.3 is 14.0 Å². The first-order valence-electron chi connectivity index (χ1n) is 8.71. The Labute approximate surface area is 172 Å². The van der Waals surface area contributed by atoms with Gasteiger partial charge in [0.25, 0.3) is 5.89 Å². The number of hydrogen-bond acceptors (Lipinski definition) is 6. The minimum absolute atomic E-state index is 0.201. The number of ether oxygens (including phenoxy) is 2. The lowest BCUT2D eigenvalue weighted by Gasteiger charge is -2.07. The number of benzene rings is 2. The smallest absolute Gasteiger partial charge is 0.269 e. The lowest BCUT2D eigenvalue weighted by Crippen LogP contribution is -1.92. The highest BCUT2D eigenvalue weighted by atomic mass is 35.5. The molecule has 2 heterocycles. The number of aromatic nitrogens is 4. The summed E-state index contributed by atoms with van der Waals surface area (Å²) in [6.07, 6.45) is 5.29. The SMILES string of the molecule is COc1ccc(-c2noc(/C(Cl)=C/c3cnn(-c4ccccc4)c3)n2)c(OC)c1. The second kappa shape index (κ2) is 8.20. The predicted molar refractivity (Wildman–Crippen MR) is 110 cm³/mol. The van der Waals surface area contributed by atoms with Gasteiger partial charge in [-0.3, -0.25) is 0 Å². The van der Waals surface area contributed by atoms with Crippen LogP contribution in [0.4, 0.5) is 0 Å². The number of hydrogen-bond donors (Lipinski definition) is 0. The second-order valence-electron chi connectivity index (χ2n) is 6.04. The number of methoxy groups -OCH3 is 2. The van der Waals surface area contributed by atoms with E-state index < -0.39 is 0 Å². The maximum Gasteiger partial charge on any atom is 0.269 e. The fourth-order valence-corrected chi connectivity index (χ4v) is 2.96. The molecule has 7 nitrogen and oxygen atoms in total. The Morgan fingerprint density at radius 2 is 1.93 bits per heavy atom. The lowest BCUT2D eigenvalue weighted by atomic mass is 10.2. The predicted octanol–water partition coefficient (Wildman–Crippen LogP) is 4.68. The third-order valence-corrected chi connectivity index (χ3v) is 4.47. The van der Waals surface area contributed by atoms with Crippen molar-refractivity contribution in [1.82, 2.24) is 19.9 Å². The summed E-state index contributed by atoms with van der Waals surface area (Å²) in [7, 11) is 3.15. The number of nitrogens with zero attached hydrogens (tertiary/aromatic N) is 4. The van der Waals surface area contributed by atoms with Crippen LogP contribution in [0, 0.1) is 0 Å². The van der Waals surface area contributed by atoms with E-state index in [9.17, 15) is 0 Å². The molecule has 0 fully saturated rings. The molecule has 29 heavy (non-hydrogen) atoms. The molecule has 0 saturated carbocycles. The van der Waals surface area contributed by atoms with E-state index in [1.165, 1.54) is 0 Å². The molecule has 0 saturated heterocycles. The third-order valence-electron chi connectivity index (χ3n) is 4.20. The Bertz CT molecular complexity index is 1150. The molecule has 0 aliphatic heterocycles. The van der Waals surface area contributed by atoms with Crippen molar-refractivity contribution in [3.05, 3.63) is 72.4 Å². The van der Waals surface area contributed by atoms with E-state index in [0.29, 0.717) is 27.9 Å². The van der Waals surface area contributed by atoms with Crippen LogP contribution in [-0.4, -0.2) is 34.1 Å². The summed E-state index contributed by atoms with van der Waals surface area (Å²) < 4.78 is 17.7. The first-order valence-corrected chi connectivity index (χ1v) is 9.09. The van der Waals surface area contributed by atoms with Crippen molar-refractivity contribution >= 4 is 22.7 Å². The van der Waals surface area contributed by atoms with Gasteiger partial charge in [0.05, 0.1) is 31.7 Å². The van der Waals surface area contributed by atoms with Crippen molar-refractivity contribution in [2.75, 3.05) is 14.2 Å². The molecule has 2 aromatic carbocycles. The van der Waals surface area contributed by atoms with Crippen LogP contribution in [0.3, 0.4) is 0 Å². The molecular formula is C21H17ClN4O3. The van der Waals surface area contributed by atoms with Crippen LogP contribution in [0.25, 0.3) is 28.2 Å². The van der Waals surface area contributed by atoms with E-state index >= 15 is 0 Å². The van der Waals surface area contributed by atoms with Gasteiger partial charge in [-0.1, -0.05) is 35.0 Å². The van der Waals surface area contributed by atoms with Crippen LogP contribution in [0.15, 0.2) is 65.4 Å². The van der Waals surface area contributed by atoms with E-state index in [0.717, 1.165) is 11.3 Å². The summed E-state index contributed by atoms with van der Waals surface area (Å²) in [5.41, 5.74) is 2.43. The van der Waals surface area contributed by atoms with Gasteiger partial charge in [0, 0.05) is 17.8 Å². The van der Waals surface area contributed by atoms with E-state index in [1.807, 2.05) is 36.5 Å². The second-order valence-corrected chi connectivity index (χ2v) is 6.44. The average Bonchev–Trinajstić information content (AvgIpc) is 3.44. The summed E-state index contributed by atoms with van der Waals surface area (Å²) in [5.74, 6) is 1.81. The molecule has 0 atom stereocenters. The summed E-state index contributed by atoms with van der Waals surface area (Å²) >= 11 is 6.39. The molecule has 2 aromatic heterocycles. The fraction of sp³-hybridized carbons (Fsp3) is 0.0952. The zero-order chi connectivity index (χ0) is 20.2. The molecule has 0 aliphatic rings.